The molecule has 0 spiro atoms. The lowest BCUT2D eigenvalue weighted by Crippen LogP contribution is -2.17. The fourth-order valence-electron chi connectivity index (χ4n) is 3.80. The monoisotopic (exact) mass is 422 g/mol. The fraction of sp³-hybridized carbons (Fsp3) is 0.348. The van der Waals surface area contributed by atoms with Gasteiger partial charge in [-0.25, -0.2) is 0 Å². The molecule has 6 nitrogen and oxygen atoms in total. The van der Waals surface area contributed by atoms with Crippen molar-refractivity contribution < 1.29 is 9.53 Å². The minimum absolute atomic E-state index is 0.0762. The second kappa shape index (κ2) is 9.80. The predicted octanol–water partition coefficient (Wildman–Crippen LogP) is 5.61. The smallest absolute Gasteiger partial charge is 0.234 e. The second-order valence-electron chi connectivity index (χ2n) is 7.47. The Morgan fingerprint density at radius 3 is 2.63 bits per heavy atom. The lowest BCUT2D eigenvalue weighted by molar-refractivity contribution is -0.113. The van der Waals surface area contributed by atoms with Gasteiger partial charge in [-0.15, -0.1) is 10.2 Å². The summed E-state index contributed by atoms with van der Waals surface area (Å²) >= 11 is 1.44. The highest BCUT2D eigenvalue weighted by atomic mass is 32.2. The van der Waals surface area contributed by atoms with Crippen molar-refractivity contribution in [2.75, 3.05) is 11.1 Å². The number of thioether (sulfide) groups is 1. The van der Waals surface area contributed by atoms with Gasteiger partial charge in [0.25, 0.3) is 0 Å². The molecule has 7 heteroatoms. The van der Waals surface area contributed by atoms with Crippen molar-refractivity contribution in [1.29, 1.82) is 0 Å². The van der Waals surface area contributed by atoms with Gasteiger partial charge in [-0.2, -0.15) is 0 Å². The SMILES string of the molecule is Cc1nnc(SCC(=O)Nc2cccc(Oc3ccccc3)c2)n1C1CCCCC1. The molecule has 0 aliphatic heterocycles. The van der Waals surface area contributed by atoms with Crippen molar-refractivity contribution in [3.05, 3.63) is 60.4 Å². The number of nitrogens with zero attached hydrogens (tertiary/aromatic N) is 3. The number of para-hydroxylation sites is 1. The number of hydrogen-bond acceptors (Lipinski definition) is 5. The Kier molecular flexibility index (Phi) is 6.69. The van der Waals surface area contributed by atoms with Crippen LogP contribution < -0.4 is 10.1 Å². The van der Waals surface area contributed by atoms with Crippen molar-refractivity contribution in [1.82, 2.24) is 14.8 Å². The molecule has 1 aliphatic carbocycles. The van der Waals surface area contributed by atoms with Crippen LogP contribution in [0.5, 0.6) is 11.5 Å². The average molecular weight is 423 g/mol. The first-order chi connectivity index (χ1) is 14.7. The van der Waals surface area contributed by atoms with Crippen LogP contribution in [-0.4, -0.2) is 26.4 Å². The Bertz CT molecular complexity index is 984. The van der Waals surface area contributed by atoms with Crippen molar-refractivity contribution in [2.45, 2.75) is 50.2 Å². The van der Waals surface area contributed by atoms with Gasteiger partial charge in [-0.05, 0) is 44.0 Å². The van der Waals surface area contributed by atoms with E-state index in [1.165, 1.54) is 31.0 Å². The zero-order chi connectivity index (χ0) is 20.8. The first kappa shape index (κ1) is 20.5. The molecule has 3 aromatic rings. The third-order valence-corrected chi connectivity index (χ3v) is 6.15. The molecule has 1 aromatic heterocycles. The summed E-state index contributed by atoms with van der Waals surface area (Å²) in [7, 11) is 0. The summed E-state index contributed by atoms with van der Waals surface area (Å²) in [6.07, 6.45) is 6.11. The molecular formula is C23H26N4O2S. The van der Waals surface area contributed by atoms with E-state index < -0.39 is 0 Å². The number of hydrogen-bond donors (Lipinski definition) is 1. The number of rotatable bonds is 7. The normalized spacial score (nSPS) is 14.4. The maximum atomic E-state index is 12.5. The van der Waals surface area contributed by atoms with Crippen LogP contribution in [0.25, 0.3) is 0 Å². The van der Waals surface area contributed by atoms with E-state index in [-0.39, 0.29) is 11.7 Å². The summed E-state index contributed by atoms with van der Waals surface area (Å²) in [5, 5.41) is 12.3. The molecule has 1 fully saturated rings. The topological polar surface area (TPSA) is 69.0 Å². The van der Waals surface area contributed by atoms with E-state index in [1.807, 2.05) is 61.5 Å². The molecule has 0 radical (unpaired) electrons. The van der Waals surface area contributed by atoms with E-state index in [0.717, 1.165) is 29.6 Å². The molecule has 2 aromatic carbocycles. The van der Waals surface area contributed by atoms with Gasteiger partial charge in [-0.3, -0.25) is 4.79 Å². The molecule has 1 N–H and O–H groups in total. The van der Waals surface area contributed by atoms with E-state index in [2.05, 4.69) is 20.1 Å². The van der Waals surface area contributed by atoms with E-state index in [0.29, 0.717) is 17.5 Å². The lowest BCUT2D eigenvalue weighted by Gasteiger charge is -2.24. The second-order valence-corrected chi connectivity index (χ2v) is 8.41. The van der Waals surface area contributed by atoms with E-state index in [1.54, 1.807) is 0 Å². The Labute approximate surface area is 181 Å². The van der Waals surface area contributed by atoms with Gasteiger partial charge in [0.2, 0.25) is 5.91 Å². The summed E-state index contributed by atoms with van der Waals surface area (Å²) in [5.74, 6) is 2.57. The molecule has 156 valence electrons. The number of amides is 1. The van der Waals surface area contributed by atoms with Crippen molar-refractivity contribution in [2.24, 2.45) is 0 Å². The Hall–Kier alpha value is -2.80. The summed E-state index contributed by atoms with van der Waals surface area (Å²) in [5.41, 5.74) is 0.707. The van der Waals surface area contributed by atoms with E-state index in [9.17, 15) is 4.79 Å². The van der Waals surface area contributed by atoms with Crippen LogP contribution >= 0.6 is 11.8 Å². The maximum absolute atomic E-state index is 12.5. The number of anilines is 1. The van der Waals surface area contributed by atoms with Gasteiger partial charge in [0.05, 0.1) is 5.75 Å². The summed E-state index contributed by atoms with van der Waals surface area (Å²) < 4.78 is 8.05. The highest BCUT2D eigenvalue weighted by Crippen LogP contribution is 2.32. The molecular weight excluding hydrogens is 396 g/mol. The highest BCUT2D eigenvalue weighted by molar-refractivity contribution is 7.99. The van der Waals surface area contributed by atoms with Crippen molar-refractivity contribution in [3.8, 4) is 11.5 Å². The minimum atomic E-state index is -0.0762. The van der Waals surface area contributed by atoms with Crippen LogP contribution in [0.3, 0.4) is 0 Å². The first-order valence-corrected chi connectivity index (χ1v) is 11.3. The third-order valence-electron chi connectivity index (χ3n) is 5.20. The van der Waals surface area contributed by atoms with Gasteiger partial charge in [0.15, 0.2) is 5.16 Å². The van der Waals surface area contributed by atoms with E-state index >= 15 is 0 Å². The number of nitrogens with one attached hydrogen (secondary N) is 1. The van der Waals surface area contributed by atoms with Gasteiger partial charge in [0, 0.05) is 17.8 Å². The number of aryl methyl sites for hydroxylation is 1. The average Bonchev–Trinajstić information content (AvgIpc) is 3.14. The summed E-state index contributed by atoms with van der Waals surface area (Å²) in [6, 6.07) is 17.4. The number of carbonyl (C=O) groups is 1. The summed E-state index contributed by atoms with van der Waals surface area (Å²) in [4.78, 5) is 12.5. The Morgan fingerprint density at radius 1 is 1.07 bits per heavy atom. The molecule has 1 heterocycles. The van der Waals surface area contributed by atoms with Crippen LogP contribution in [-0.2, 0) is 4.79 Å². The molecule has 30 heavy (non-hydrogen) atoms. The molecule has 0 saturated heterocycles. The number of aromatic nitrogens is 3. The predicted molar refractivity (Wildman–Crippen MR) is 119 cm³/mol. The number of benzene rings is 2. The maximum Gasteiger partial charge on any atom is 0.234 e. The van der Waals surface area contributed by atoms with E-state index in [4.69, 9.17) is 4.74 Å². The lowest BCUT2D eigenvalue weighted by atomic mass is 9.95. The minimum Gasteiger partial charge on any atom is -0.457 e. The van der Waals surface area contributed by atoms with Crippen LogP contribution in [0.2, 0.25) is 0 Å². The van der Waals surface area contributed by atoms with Crippen LogP contribution in [0.1, 0.15) is 44.0 Å². The summed E-state index contributed by atoms with van der Waals surface area (Å²) in [6.45, 7) is 1.99. The largest absolute Gasteiger partial charge is 0.457 e. The molecule has 0 atom stereocenters. The van der Waals surface area contributed by atoms with Crippen LogP contribution in [0.4, 0.5) is 5.69 Å². The van der Waals surface area contributed by atoms with Crippen LogP contribution in [0, 0.1) is 6.92 Å². The zero-order valence-corrected chi connectivity index (χ0v) is 17.9. The van der Waals surface area contributed by atoms with Crippen LogP contribution in [0.15, 0.2) is 59.8 Å². The van der Waals surface area contributed by atoms with Gasteiger partial charge in [-0.1, -0.05) is 55.3 Å². The van der Waals surface area contributed by atoms with Gasteiger partial charge < -0.3 is 14.6 Å². The van der Waals surface area contributed by atoms with Gasteiger partial charge in [0.1, 0.15) is 17.3 Å². The molecule has 0 unspecified atom stereocenters. The molecule has 1 saturated carbocycles. The fourth-order valence-corrected chi connectivity index (χ4v) is 4.65. The van der Waals surface area contributed by atoms with Gasteiger partial charge >= 0.3 is 0 Å². The molecule has 0 bridgehead atoms. The Morgan fingerprint density at radius 2 is 1.83 bits per heavy atom. The molecule has 4 rings (SSSR count). The molecule has 1 amide bonds. The quantitative estimate of drug-likeness (QED) is 0.501. The standard InChI is InChI=1S/C23H26N4O2S/c1-17-25-26-23(27(17)19-10-4-2-5-11-19)30-16-22(28)24-18-9-8-14-21(15-18)29-20-12-6-3-7-13-20/h3,6-9,12-15,19H,2,4-5,10-11,16H2,1H3,(H,24,28). The Balaban J connectivity index is 1.35. The first-order valence-electron chi connectivity index (χ1n) is 10.4. The number of ether oxygens (including phenoxy) is 1. The highest BCUT2D eigenvalue weighted by Gasteiger charge is 2.21. The van der Waals surface area contributed by atoms with Crippen molar-refractivity contribution in [3.63, 3.8) is 0 Å². The molecule has 1 aliphatic rings. The van der Waals surface area contributed by atoms with Crippen molar-refractivity contribution >= 4 is 23.4 Å². The third kappa shape index (κ3) is 5.21. The number of carbonyl (C=O) groups excluding carboxylic acids is 1. The zero-order valence-electron chi connectivity index (χ0n) is 17.1.